The molecule has 1 aromatic rings. The molecule has 0 aromatic carbocycles. The highest BCUT2D eigenvalue weighted by Crippen LogP contribution is 2.10. The Balaban J connectivity index is 2.93. The predicted molar refractivity (Wildman–Crippen MR) is 52.7 cm³/mol. The zero-order chi connectivity index (χ0) is 11.4. The molecule has 1 aromatic heterocycles. The van der Waals surface area contributed by atoms with Crippen molar-refractivity contribution in [3.05, 3.63) is 17.6 Å². The quantitative estimate of drug-likeness (QED) is 0.743. The maximum absolute atomic E-state index is 10.6. The lowest BCUT2D eigenvalue weighted by molar-refractivity contribution is 0.0688. The van der Waals surface area contributed by atoms with Crippen LogP contribution in [0.1, 0.15) is 23.1 Å². The molecule has 1 unspecified atom stereocenters. The third kappa shape index (κ3) is 2.68. The molecule has 0 radical (unpaired) electrons. The van der Waals surface area contributed by atoms with Crippen LogP contribution in [0.15, 0.2) is 6.20 Å². The topological polar surface area (TPSA) is 72.3 Å². The molecule has 0 bridgehead atoms. The van der Waals surface area contributed by atoms with Gasteiger partial charge in [0.15, 0.2) is 11.8 Å². The number of carboxylic acid groups (broad SMARTS) is 1. The van der Waals surface area contributed by atoms with Crippen molar-refractivity contribution in [2.75, 3.05) is 0 Å². The minimum absolute atomic E-state index is 0.0873. The lowest BCUT2D eigenvalue weighted by Gasteiger charge is -2.08. The van der Waals surface area contributed by atoms with Gasteiger partial charge in [-0.25, -0.2) is 14.8 Å². The molecule has 1 heterocycles. The van der Waals surface area contributed by atoms with Crippen molar-refractivity contribution >= 4 is 5.97 Å². The summed E-state index contributed by atoms with van der Waals surface area (Å²) < 4.78 is 5.18. The third-order valence-electron chi connectivity index (χ3n) is 1.66. The minimum atomic E-state index is -1.11. The van der Waals surface area contributed by atoms with Crippen molar-refractivity contribution in [3.8, 4) is 18.2 Å². The summed E-state index contributed by atoms with van der Waals surface area (Å²) in [6.45, 7) is 3.23. The summed E-state index contributed by atoms with van der Waals surface area (Å²) in [5.41, 5.74) is 0.208. The average molecular weight is 206 g/mol. The van der Waals surface area contributed by atoms with Gasteiger partial charge in [-0.15, -0.1) is 6.42 Å². The number of carbonyl (C=O) groups is 1. The van der Waals surface area contributed by atoms with E-state index in [1.807, 2.05) is 0 Å². The smallest absolute Gasteiger partial charge is 0.356 e. The fraction of sp³-hybridized carbons (Fsp3) is 0.300. The van der Waals surface area contributed by atoms with E-state index in [0.29, 0.717) is 5.69 Å². The number of nitrogens with zero attached hydrogens (tertiary/aromatic N) is 2. The van der Waals surface area contributed by atoms with Crippen LogP contribution in [0.4, 0.5) is 0 Å². The Kier molecular flexibility index (Phi) is 3.24. The van der Waals surface area contributed by atoms with Crippen molar-refractivity contribution in [1.82, 2.24) is 9.97 Å². The summed E-state index contributed by atoms with van der Waals surface area (Å²) in [4.78, 5) is 18.3. The van der Waals surface area contributed by atoms with Gasteiger partial charge in [-0.1, -0.05) is 5.92 Å². The second-order valence-electron chi connectivity index (χ2n) is 2.87. The standard InChI is InChI=1S/C10H10N2O3/c1-4-6(2)15-8-5-11-9(10(13)14)7(3)12-8/h1,5-6H,2-3H3,(H,13,14). The monoisotopic (exact) mass is 206 g/mol. The fourth-order valence-corrected chi connectivity index (χ4v) is 0.942. The van der Waals surface area contributed by atoms with Crippen LogP contribution in [-0.2, 0) is 0 Å². The molecule has 0 saturated carbocycles. The maximum atomic E-state index is 10.6. The van der Waals surface area contributed by atoms with Gasteiger partial charge in [0.05, 0.1) is 11.9 Å². The third-order valence-corrected chi connectivity index (χ3v) is 1.66. The van der Waals surface area contributed by atoms with Gasteiger partial charge in [0.1, 0.15) is 0 Å². The molecule has 0 saturated heterocycles. The normalized spacial score (nSPS) is 11.5. The zero-order valence-electron chi connectivity index (χ0n) is 8.39. The highest BCUT2D eigenvalue weighted by atomic mass is 16.5. The van der Waals surface area contributed by atoms with Gasteiger partial charge in [-0.2, -0.15) is 0 Å². The van der Waals surface area contributed by atoms with Crippen LogP contribution >= 0.6 is 0 Å². The molecule has 0 amide bonds. The Morgan fingerprint density at radius 2 is 2.40 bits per heavy atom. The number of terminal acetylenes is 1. The number of aromatic nitrogens is 2. The number of aromatic carboxylic acids is 1. The van der Waals surface area contributed by atoms with E-state index in [1.54, 1.807) is 13.8 Å². The zero-order valence-corrected chi connectivity index (χ0v) is 8.39. The Bertz CT molecular complexity index is 423. The Hall–Kier alpha value is -2.09. The van der Waals surface area contributed by atoms with Crippen LogP contribution in [0.25, 0.3) is 0 Å². The molecule has 5 heteroatoms. The summed E-state index contributed by atoms with van der Waals surface area (Å²) in [5.74, 6) is 1.47. The van der Waals surface area contributed by atoms with E-state index in [1.165, 1.54) is 6.20 Å². The summed E-state index contributed by atoms with van der Waals surface area (Å²) in [7, 11) is 0. The molecular weight excluding hydrogens is 196 g/mol. The van der Waals surface area contributed by atoms with Crippen molar-refractivity contribution in [2.45, 2.75) is 20.0 Å². The van der Waals surface area contributed by atoms with Crippen LogP contribution in [0.3, 0.4) is 0 Å². The van der Waals surface area contributed by atoms with Crippen LogP contribution < -0.4 is 4.74 Å². The van der Waals surface area contributed by atoms with Crippen molar-refractivity contribution < 1.29 is 14.6 Å². The lowest BCUT2D eigenvalue weighted by atomic mass is 10.3. The number of carboxylic acids is 1. The molecule has 1 N–H and O–H groups in total. The van der Waals surface area contributed by atoms with E-state index in [2.05, 4.69) is 15.9 Å². The van der Waals surface area contributed by atoms with Crippen molar-refractivity contribution in [3.63, 3.8) is 0 Å². The first kappa shape index (κ1) is 11.0. The van der Waals surface area contributed by atoms with E-state index in [9.17, 15) is 4.79 Å². The first-order valence-corrected chi connectivity index (χ1v) is 4.24. The van der Waals surface area contributed by atoms with E-state index in [4.69, 9.17) is 16.3 Å². The van der Waals surface area contributed by atoms with E-state index >= 15 is 0 Å². The summed E-state index contributed by atoms with van der Waals surface area (Å²) in [6, 6.07) is 0. The van der Waals surface area contributed by atoms with Gasteiger partial charge in [0.2, 0.25) is 5.88 Å². The van der Waals surface area contributed by atoms with E-state index in [-0.39, 0.29) is 11.6 Å². The minimum Gasteiger partial charge on any atom is -0.476 e. The highest BCUT2D eigenvalue weighted by Gasteiger charge is 2.11. The second-order valence-corrected chi connectivity index (χ2v) is 2.87. The largest absolute Gasteiger partial charge is 0.476 e. The predicted octanol–water partition coefficient (Wildman–Crippen LogP) is 0.884. The number of hydrogen-bond acceptors (Lipinski definition) is 4. The van der Waals surface area contributed by atoms with Gasteiger partial charge in [0.25, 0.3) is 0 Å². The molecule has 1 rings (SSSR count). The number of rotatable bonds is 3. The molecule has 15 heavy (non-hydrogen) atoms. The molecule has 78 valence electrons. The van der Waals surface area contributed by atoms with Crippen LogP contribution in [-0.4, -0.2) is 27.1 Å². The van der Waals surface area contributed by atoms with Crippen molar-refractivity contribution in [2.24, 2.45) is 0 Å². The van der Waals surface area contributed by atoms with Crippen LogP contribution in [0.5, 0.6) is 5.88 Å². The van der Waals surface area contributed by atoms with Gasteiger partial charge < -0.3 is 9.84 Å². The van der Waals surface area contributed by atoms with E-state index in [0.717, 1.165) is 0 Å². The molecule has 0 aliphatic carbocycles. The number of ether oxygens (including phenoxy) is 1. The van der Waals surface area contributed by atoms with Gasteiger partial charge in [0, 0.05) is 0 Å². The van der Waals surface area contributed by atoms with Crippen LogP contribution in [0.2, 0.25) is 0 Å². The molecule has 0 aliphatic rings. The number of aryl methyl sites for hydroxylation is 1. The Morgan fingerprint density at radius 3 is 2.87 bits per heavy atom. The SMILES string of the molecule is C#CC(C)Oc1cnc(C(=O)O)c(C)n1. The first-order valence-electron chi connectivity index (χ1n) is 4.24. The van der Waals surface area contributed by atoms with Gasteiger partial charge in [-0.3, -0.25) is 0 Å². The number of hydrogen-bond donors (Lipinski definition) is 1. The Labute approximate surface area is 87.1 Å². The van der Waals surface area contributed by atoms with Gasteiger partial charge >= 0.3 is 5.97 Å². The molecule has 0 aliphatic heterocycles. The van der Waals surface area contributed by atoms with Gasteiger partial charge in [-0.05, 0) is 13.8 Å². The molecule has 0 spiro atoms. The van der Waals surface area contributed by atoms with Crippen LogP contribution in [0, 0.1) is 19.3 Å². The van der Waals surface area contributed by atoms with Crippen molar-refractivity contribution in [1.29, 1.82) is 0 Å². The first-order chi connectivity index (χ1) is 7.04. The Morgan fingerprint density at radius 1 is 1.73 bits per heavy atom. The second kappa shape index (κ2) is 4.42. The summed E-state index contributed by atoms with van der Waals surface area (Å²) >= 11 is 0. The maximum Gasteiger partial charge on any atom is 0.356 e. The molecule has 0 fully saturated rings. The molecule has 1 atom stereocenters. The molecule has 5 nitrogen and oxygen atoms in total. The average Bonchev–Trinajstić information content (AvgIpc) is 2.17. The van der Waals surface area contributed by atoms with E-state index < -0.39 is 12.1 Å². The summed E-state index contributed by atoms with van der Waals surface area (Å²) in [6.07, 6.45) is 5.94. The summed E-state index contributed by atoms with van der Waals surface area (Å²) in [5, 5.41) is 8.71. The fourth-order valence-electron chi connectivity index (χ4n) is 0.942. The molecular formula is C10H10N2O3. The highest BCUT2D eigenvalue weighted by molar-refractivity contribution is 5.86. The lowest BCUT2D eigenvalue weighted by Crippen LogP contribution is -2.12.